The van der Waals surface area contributed by atoms with Gasteiger partial charge in [-0.3, -0.25) is 19.0 Å². The summed E-state index contributed by atoms with van der Waals surface area (Å²) >= 11 is 3.35. The van der Waals surface area contributed by atoms with E-state index in [2.05, 4.69) is 31.4 Å². The van der Waals surface area contributed by atoms with E-state index < -0.39 is 11.9 Å². The van der Waals surface area contributed by atoms with Crippen LogP contribution in [0.5, 0.6) is 0 Å². The lowest BCUT2D eigenvalue weighted by Gasteiger charge is -2.12. The molecule has 22 heavy (non-hydrogen) atoms. The number of aryl methyl sites for hydroxylation is 2. The molecule has 0 aliphatic rings. The van der Waals surface area contributed by atoms with Gasteiger partial charge in [0.1, 0.15) is 11.7 Å². The number of amides is 2. The van der Waals surface area contributed by atoms with Crippen LogP contribution in [0.25, 0.3) is 0 Å². The van der Waals surface area contributed by atoms with E-state index in [0.717, 1.165) is 10.2 Å². The molecule has 8 nitrogen and oxygen atoms in total. The number of nitrogens with two attached hydrogens (primary N) is 1. The van der Waals surface area contributed by atoms with Crippen LogP contribution in [-0.2, 0) is 11.3 Å². The molecule has 0 saturated carbocycles. The molecule has 0 aromatic carbocycles. The van der Waals surface area contributed by atoms with Crippen LogP contribution in [0, 0.1) is 6.92 Å². The Morgan fingerprint density at radius 2 is 2.18 bits per heavy atom. The monoisotopic (exact) mass is 368 g/mol. The quantitative estimate of drug-likeness (QED) is 0.832. The zero-order valence-corrected chi connectivity index (χ0v) is 14.1. The van der Waals surface area contributed by atoms with Gasteiger partial charge in [-0.1, -0.05) is 0 Å². The fourth-order valence-electron chi connectivity index (χ4n) is 1.99. The first-order valence-corrected chi connectivity index (χ1v) is 7.52. The van der Waals surface area contributed by atoms with Gasteiger partial charge < -0.3 is 11.1 Å². The van der Waals surface area contributed by atoms with Gasteiger partial charge in [-0.15, -0.1) is 0 Å². The first-order valence-electron chi connectivity index (χ1n) is 6.72. The molecule has 3 N–H and O–H groups in total. The highest BCUT2D eigenvalue weighted by atomic mass is 79.9. The second-order valence-electron chi connectivity index (χ2n) is 4.79. The maximum absolute atomic E-state index is 12.3. The number of hydrogen-bond acceptors (Lipinski definition) is 4. The third-order valence-electron chi connectivity index (χ3n) is 3.26. The van der Waals surface area contributed by atoms with E-state index in [9.17, 15) is 9.59 Å². The third kappa shape index (κ3) is 3.03. The van der Waals surface area contributed by atoms with Crippen LogP contribution in [0.1, 0.15) is 36.1 Å². The first-order chi connectivity index (χ1) is 10.3. The van der Waals surface area contributed by atoms with Gasteiger partial charge in [0.2, 0.25) is 5.91 Å². The largest absolute Gasteiger partial charge is 0.364 e. The smallest absolute Gasteiger partial charge is 0.269 e. The summed E-state index contributed by atoms with van der Waals surface area (Å²) in [5.41, 5.74) is 6.62. The van der Waals surface area contributed by atoms with Gasteiger partial charge in [-0.25, -0.2) is 0 Å². The predicted octanol–water partition coefficient (Wildman–Crippen LogP) is 1.47. The highest BCUT2D eigenvalue weighted by Gasteiger charge is 2.21. The summed E-state index contributed by atoms with van der Waals surface area (Å²) in [6.45, 7) is 5.86. The predicted molar refractivity (Wildman–Crippen MR) is 84.4 cm³/mol. The molecule has 0 radical (unpaired) electrons. The van der Waals surface area contributed by atoms with Gasteiger partial charge >= 0.3 is 0 Å². The maximum atomic E-state index is 12.3. The Hall–Kier alpha value is -2.16. The van der Waals surface area contributed by atoms with Crippen molar-refractivity contribution in [3.63, 3.8) is 0 Å². The molecule has 0 bridgehead atoms. The highest BCUT2D eigenvalue weighted by Crippen LogP contribution is 2.19. The fraction of sp³-hybridized carbons (Fsp3) is 0.385. The molecule has 0 spiro atoms. The number of nitrogens with zero attached hydrogens (tertiary/aromatic N) is 4. The molecule has 0 aliphatic heterocycles. The average molecular weight is 369 g/mol. The molecule has 1 unspecified atom stereocenters. The molecule has 118 valence electrons. The number of carbonyl (C=O) groups excluding carboxylic acids is 2. The minimum absolute atomic E-state index is 0.181. The summed E-state index contributed by atoms with van der Waals surface area (Å²) in [7, 11) is 0. The van der Waals surface area contributed by atoms with Gasteiger partial charge in [-0.2, -0.15) is 10.2 Å². The normalized spacial score (nSPS) is 12.2. The van der Waals surface area contributed by atoms with E-state index in [1.807, 2.05) is 13.8 Å². The molecule has 9 heteroatoms. The summed E-state index contributed by atoms with van der Waals surface area (Å²) < 4.78 is 3.81. The van der Waals surface area contributed by atoms with Gasteiger partial charge in [0, 0.05) is 12.7 Å². The summed E-state index contributed by atoms with van der Waals surface area (Å²) in [6, 6.07) is -0.546. The van der Waals surface area contributed by atoms with Gasteiger partial charge in [0.05, 0.1) is 22.1 Å². The van der Waals surface area contributed by atoms with Crippen LogP contribution < -0.4 is 11.1 Å². The lowest BCUT2D eigenvalue weighted by atomic mass is 10.3. The molecular formula is C13H17BrN6O2. The van der Waals surface area contributed by atoms with Crippen molar-refractivity contribution in [1.82, 2.24) is 19.6 Å². The first kappa shape index (κ1) is 16.2. The second-order valence-corrected chi connectivity index (χ2v) is 5.65. The van der Waals surface area contributed by atoms with Crippen molar-refractivity contribution in [1.29, 1.82) is 0 Å². The van der Waals surface area contributed by atoms with Crippen molar-refractivity contribution in [2.24, 2.45) is 5.73 Å². The van der Waals surface area contributed by atoms with E-state index >= 15 is 0 Å². The Morgan fingerprint density at radius 3 is 2.68 bits per heavy atom. The number of nitrogens with one attached hydrogen (secondary N) is 1. The van der Waals surface area contributed by atoms with Crippen molar-refractivity contribution in [3.8, 4) is 0 Å². The number of carbonyl (C=O) groups is 2. The molecule has 1 atom stereocenters. The van der Waals surface area contributed by atoms with E-state index in [4.69, 9.17) is 5.73 Å². The Bertz CT molecular complexity index is 701. The van der Waals surface area contributed by atoms with Crippen molar-refractivity contribution in [3.05, 3.63) is 28.3 Å². The Labute approximate surface area is 135 Å². The number of anilines is 1. The van der Waals surface area contributed by atoms with Crippen LogP contribution in [0.3, 0.4) is 0 Å². The Balaban J connectivity index is 2.22. The molecule has 2 heterocycles. The van der Waals surface area contributed by atoms with E-state index in [-0.39, 0.29) is 11.6 Å². The fourth-order valence-corrected chi connectivity index (χ4v) is 2.28. The van der Waals surface area contributed by atoms with E-state index in [0.29, 0.717) is 12.2 Å². The maximum Gasteiger partial charge on any atom is 0.269 e. The number of aromatic nitrogens is 4. The van der Waals surface area contributed by atoms with E-state index in [1.165, 1.54) is 10.9 Å². The van der Waals surface area contributed by atoms with Crippen molar-refractivity contribution >= 4 is 33.4 Å². The minimum Gasteiger partial charge on any atom is -0.364 e. The number of rotatable bonds is 5. The molecule has 2 aromatic heterocycles. The van der Waals surface area contributed by atoms with Crippen LogP contribution in [0.15, 0.2) is 16.9 Å². The lowest BCUT2D eigenvalue weighted by molar-refractivity contribution is -0.119. The van der Waals surface area contributed by atoms with Crippen molar-refractivity contribution < 1.29 is 9.59 Å². The van der Waals surface area contributed by atoms with Crippen LogP contribution in [-0.4, -0.2) is 31.4 Å². The van der Waals surface area contributed by atoms with Crippen LogP contribution in [0.4, 0.5) is 5.69 Å². The van der Waals surface area contributed by atoms with Gasteiger partial charge in [0.15, 0.2) is 0 Å². The molecule has 2 aromatic rings. The highest BCUT2D eigenvalue weighted by molar-refractivity contribution is 9.10. The molecule has 2 rings (SSSR count). The topological polar surface area (TPSA) is 108 Å². The van der Waals surface area contributed by atoms with Crippen LogP contribution in [0.2, 0.25) is 0 Å². The average Bonchev–Trinajstić information content (AvgIpc) is 3.02. The van der Waals surface area contributed by atoms with Crippen molar-refractivity contribution in [2.75, 3.05) is 5.32 Å². The standard InChI is InChI=1S/C13H17BrN6O2/c1-4-19-11(12(15)21)10(5-16-19)17-13(22)8(3)20-6-9(14)7(2)18-20/h5-6,8H,4H2,1-3H3,(H2,15,21)(H,17,22). The van der Waals surface area contributed by atoms with Gasteiger partial charge in [-0.05, 0) is 36.7 Å². The van der Waals surface area contributed by atoms with Gasteiger partial charge in [0.25, 0.3) is 5.91 Å². The SMILES string of the molecule is CCn1ncc(NC(=O)C(C)n2cc(Br)c(C)n2)c1C(N)=O. The Morgan fingerprint density at radius 1 is 1.50 bits per heavy atom. The summed E-state index contributed by atoms with van der Waals surface area (Å²) in [5, 5.41) is 11.0. The number of hydrogen-bond donors (Lipinski definition) is 2. The number of halogens is 1. The summed E-state index contributed by atoms with van der Waals surface area (Å²) in [5.74, 6) is -0.951. The number of primary amides is 1. The minimum atomic E-state index is -0.639. The second kappa shape index (κ2) is 6.30. The molecular weight excluding hydrogens is 352 g/mol. The van der Waals surface area contributed by atoms with E-state index in [1.54, 1.807) is 17.8 Å². The molecule has 0 saturated heterocycles. The van der Waals surface area contributed by atoms with Crippen molar-refractivity contribution in [2.45, 2.75) is 33.4 Å². The van der Waals surface area contributed by atoms with Crippen LogP contribution >= 0.6 is 15.9 Å². The third-order valence-corrected chi connectivity index (χ3v) is 4.04. The zero-order valence-electron chi connectivity index (χ0n) is 12.5. The zero-order chi connectivity index (χ0) is 16.4. The molecule has 0 aliphatic carbocycles. The molecule has 0 fully saturated rings. The Kier molecular flexibility index (Phi) is 4.65. The summed E-state index contributed by atoms with van der Waals surface area (Å²) in [4.78, 5) is 23.8. The lowest BCUT2D eigenvalue weighted by Crippen LogP contribution is -2.26. The molecule has 2 amide bonds. The summed E-state index contributed by atoms with van der Waals surface area (Å²) in [6.07, 6.45) is 3.14.